The summed E-state index contributed by atoms with van der Waals surface area (Å²) in [4.78, 5) is 5.06. The van der Waals surface area contributed by atoms with Crippen molar-refractivity contribution in [3.63, 3.8) is 0 Å². The highest BCUT2D eigenvalue weighted by atomic mass is 127. The Labute approximate surface area is 187 Å². The van der Waals surface area contributed by atoms with Crippen LogP contribution in [0.1, 0.15) is 29.0 Å². The van der Waals surface area contributed by atoms with Crippen LogP contribution in [-0.4, -0.2) is 34.5 Å². The van der Waals surface area contributed by atoms with Crippen molar-refractivity contribution in [3.05, 3.63) is 52.2 Å². The molecule has 0 aliphatic carbocycles. The lowest BCUT2D eigenvalue weighted by Crippen LogP contribution is -2.42. The largest absolute Gasteiger partial charge is 0.355 e. The van der Waals surface area contributed by atoms with E-state index < -0.39 is 10.0 Å². The van der Waals surface area contributed by atoms with Gasteiger partial charge in [0.15, 0.2) is 5.96 Å². The molecule has 2 rings (SSSR count). The van der Waals surface area contributed by atoms with Crippen LogP contribution in [0.25, 0.3) is 0 Å². The zero-order valence-electron chi connectivity index (χ0n) is 16.2. The first-order valence-corrected chi connectivity index (χ1v) is 10.8. The van der Waals surface area contributed by atoms with Crippen LogP contribution < -0.4 is 15.4 Å². The van der Waals surface area contributed by atoms with Crippen molar-refractivity contribution in [2.75, 3.05) is 20.1 Å². The minimum atomic E-state index is -3.49. The molecule has 0 fully saturated rings. The molecule has 3 N–H and O–H groups in total. The van der Waals surface area contributed by atoms with Crippen LogP contribution in [0.3, 0.4) is 0 Å². The van der Waals surface area contributed by atoms with E-state index in [-0.39, 0.29) is 42.4 Å². The number of thiophene rings is 1. The summed E-state index contributed by atoms with van der Waals surface area (Å²) in [7, 11) is -1.87. The Bertz CT molecular complexity index is 916. The fourth-order valence-corrected chi connectivity index (χ4v) is 4.72. The van der Waals surface area contributed by atoms with E-state index in [9.17, 15) is 12.8 Å². The molecule has 156 valence electrons. The molecule has 0 bridgehead atoms. The molecular formula is C18H26FIN4O2S2. The maximum atomic E-state index is 13.7. The summed E-state index contributed by atoms with van der Waals surface area (Å²) in [5.74, 6) is 0.261. The predicted molar refractivity (Wildman–Crippen MR) is 124 cm³/mol. The van der Waals surface area contributed by atoms with E-state index in [2.05, 4.69) is 20.3 Å². The number of rotatable bonds is 7. The number of benzene rings is 1. The number of hydrogen-bond acceptors (Lipinski definition) is 4. The second-order valence-corrected chi connectivity index (χ2v) is 9.42. The van der Waals surface area contributed by atoms with E-state index in [1.54, 1.807) is 32.2 Å². The standard InChI is InChI=1S/C18H25FN4O2S2.HI/c1-12-5-7-15(11-16(12)19)14(3)23-18(20-4)21-9-10-22-27(24,25)17-8-6-13(2)26-17;/h5-8,11,14,22H,9-10H2,1-4H3,(H2,20,21,23);1H. The molecule has 0 radical (unpaired) electrons. The second kappa shape index (κ2) is 11.1. The predicted octanol–water partition coefficient (Wildman–Crippen LogP) is 3.33. The van der Waals surface area contributed by atoms with Gasteiger partial charge in [0.05, 0.1) is 6.04 Å². The molecule has 10 heteroatoms. The average molecular weight is 540 g/mol. The SMILES string of the molecule is CN=C(NCCNS(=O)(=O)c1ccc(C)s1)NC(C)c1ccc(C)c(F)c1.I. The smallest absolute Gasteiger partial charge is 0.250 e. The summed E-state index contributed by atoms with van der Waals surface area (Å²) >= 11 is 1.23. The van der Waals surface area contributed by atoms with Crippen molar-refractivity contribution >= 4 is 51.3 Å². The van der Waals surface area contributed by atoms with Crippen molar-refractivity contribution in [1.82, 2.24) is 15.4 Å². The zero-order chi connectivity index (χ0) is 20.0. The van der Waals surface area contributed by atoms with Crippen molar-refractivity contribution in [3.8, 4) is 0 Å². The summed E-state index contributed by atoms with van der Waals surface area (Å²) in [5.41, 5.74) is 1.40. The van der Waals surface area contributed by atoms with Gasteiger partial charge in [0, 0.05) is 25.0 Å². The van der Waals surface area contributed by atoms with Crippen molar-refractivity contribution in [2.24, 2.45) is 4.99 Å². The van der Waals surface area contributed by atoms with Crippen molar-refractivity contribution in [2.45, 2.75) is 31.0 Å². The first kappa shape index (κ1) is 24.8. The lowest BCUT2D eigenvalue weighted by molar-refractivity contribution is 0.582. The number of halogens is 2. The first-order chi connectivity index (χ1) is 12.7. The van der Waals surface area contributed by atoms with Crippen molar-refractivity contribution < 1.29 is 12.8 Å². The minimum Gasteiger partial charge on any atom is -0.355 e. The lowest BCUT2D eigenvalue weighted by Gasteiger charge is -2.18. The van der Waals surface area contributed by atoms with Gasteiger partial charge in [-0.25, -0.2) is 17.5 Å². The van der Waals surface area contributed by atoms with E-state index in [0.717, 1.165) is 10.4 Å². The third kappa shape index (κ3) is 6.98. The van der Waals surface area contributed by atoms with Crippen LogP contribution in [0.15, 0.2) is 39.5 Å². The number of sulfonamides is 1. The molecule has 1 unspecified atom stereocenters. The first-order valence-electron chi connectivity index (χ1n) is 8.52. The fraction of sp³-hybridized carbons (Fsp3) is 0.389. The number of guanidine groups is 1. The van der Waals surface area contributed by atoms with Crippen LogP contribution in [0.4, 0.5) is 4.39 Å². The lowest BCUT2D eigenvalue weighted by atomic mass is 10.1. The van der Waals surface area contributed by atoms with Crippen LogP contribution >= 0.6 is 35.3 Å². The van der Waals surface area contributed by atoms with Gasteiger partial charge in [0.1, 0.15) is 10.0 Å². The monoisotopic (exact) mass is 540 g/mol. The van der Waals surface area contributed by atoms with Gasteiger partial charge in [-0.3, -0.25) is 4.99 Å². The van der Waals surface area contributed by atoms with E-state index in [4.69, 9.17) is 0 Å². The maximum absolute atomic E-state index is 13.7. The van der Waals surface area contributed by atoms with Gasteiger partial charge in [-0.1, -0.05) is 12.1 Å². The number of hydrogen-bond donors (Lipinski definition) is 3. The number of aryl methyl sites for hydroxylation is 2. The number of aliphatic imine (C=N–C) groups is 1. The maximum Gasteiger partial charge on any atom is 0.250 e. The Morgan fingerprint density at radius 2 is 1.93 bits per heavy atom. The Kier molecular flexibility index (Phi) is 9.81. The summed E-state index contributed by atoms with van der Waals surface area (Å²) in [6.07, 6.45) is 0. The summed E-state index contributed by atoms with van der Waals surface area (Å²) in [6.45, 7) is 6.06. The van der Waals surface area contributed by atoms with Gasteiger partial charge in [0.25, 0.3) is 0 Å². The average Bonchev–Trinajstić information content (AvgIpc) is 3.07. The molecule has 0 spiro atoms. The molecule has 2 aromatic rings. The molecule has 1 atom stereocenters. The molecule has 0 aliphatic rings. The minimum absolute atomic E-state index is 0. The van der Waals surface area contributed by atoms with Gasteiger partial charge in [-0.05, 0) is 50.1 Å². The molecule has 0 aliphatic heterocycles. The van der Waals surface area contributed by atoms with Crippen LogP contribution in [0.2, 0.25) is 0 Å². The van der Waals surface area contributed by atoms with Gasteiger partial charge >= 0.3 is 0 Å². The van der Waals surface area contributed by atoms with Crippen LogP contribution in [-0.2, 0) is 10.0 Å². The summed E-state index contributed by atoms with van der Waals surface area (Å²) < 4.78 is 40.9. The zero-order valence-corrected chi connectivity index (χ0v) is 20.2. The van der Waals surface area contributed by atoms with Gasteiger partial charge < -0.3 is 10.6 Å². The topological polar surface area (TPSA) is 82.6 Å². The van der Waals surface area contributed by atoms with Gasteiger partial charge in [0.2, 0.25) is 10.0 Å². The van der Waals surface area contributed by atoms with Crippen molar-refractivity contribution in [1.29, 1.82) is 0 Å². The molecule has 0 saturated heterocycles. The Morgan fingerprint density at radius 3 is 2.50 bits per heavy atom. The fourth-order valence-electron chi connectivity index (χ4n) is 2.36. The van der Waals surface area contributed by atoms with E-state index >= 15 is 0 Å². The third-order valence-corrected chi connectivity index (χ3v) is 6.92. The highest BCUT2D eigenvalue weighted by Gasteiger charge is 2.15. The second-order valence-electron chi connectivity index (χ2n) is 6.14. The molecule has 0 saturated carbocycles. The molecule has 1 aromatic heterocycles. The molecule has 1 aromatic carbocycles. The molecule has 28 heavy (non-hydrogen) atoms. The number of nitrogens with zero attached hydrogens (tertiary/aromatic N) is 1. The summed E-state index contributed by atoms with van der Waals surface area (Å²) in [6, 6.07) is 8.31. The Balaban J connectivity index is 0.00000392. The van der Waals surface area contributed by atoms with E-state index in [0.29, 0.717) is 22.3 Å². The number of nitrogens with one attached hydrogen (secondary N) is 3. The van der Waals surface area contributed by atoms with Gasteiger partial charge in [-0.15, -0.1) is 35.3 Å². The quantitative estimate of drug-likeness (QED) is 0.218. The van der Waals surface area contributed by atoms with E-state index in [1.807, 2.05) is 19.9 Å². The summed E-state index contributed by atoms with van der Waals surface area (Å²) in [5, 5.41) is 6.21. The third-order valence-electron chi connectivity index (χ3n) is 3.96. The normalized spacial score (nSPS) is 13.0. The highest BCUT2D eigenvalue weighted by Crippen LogP contribution is 2.20. The molecule has 0 amide bonds. The van der Waals surface area contributed by atoms with Gasteiger partial charge in [-0.2, -0.15) is 0 Å². The van der Waals surface area contributed by atoms with Crippen LogP contribution in [0.5, 0.6) is 0 Å². The van der Waals surface area contributed by atoms with Crippen LogP contribution in [0, 0.1) is 19.7 Å². The Hall–Kier alpha value is -1.24. The molecule has 6 nitrogen and oxygen atoms in total. The van der Waals surface area contributed by atoms with E-state index in [1.165, 1.54) is 17.4 Å². The molecule has 1 heterocycles. The highest BCUT2D eigenvalue weighted by molar-refractivity contribution is 14.0. The Morgan fingerprint density at radius 1 is 1.21 bits per heavy atom. The molecular weight excluding hydrogens is 514 g/mol.